The van der Waals surface area contributed by atoms with Crippen molar-refractivity contribution in [3.05, 3.63) is 36.0 Å². The maximum absolute atomic E-state index is 3.43. The van der Waals surface area contributed by atoms with Crippen LogP contribution in [-0.2, 0) is 5.41 Å². The molecule has 0 radical (unpaired) electrons. The number of fused-ring (bicyclic) bond motifs is 2. The Balaban J connectivity index is 1.95. The lowest BCUT2D eigenvalue weighted by molar-refractivity contribution is 0.520. The number of hydrogen-bond donors (Lipinski definition) is 1. The van der Waals surface area contributed by atoms with Crippen LogP contribution in [0.25, 0.3) is 10.9 Å². The molecule has 0 bridgehead atoms. The van der Waals surface area contributed by atoms with Gasteiger partial charge in [0.2, 0.25) is 0 Å². The summed E-state index contributed by atoms with van der Waals surface area (Å²) in [6.45, 7) is 2.47. The molecule has 16 heavy (non-hydrogen) atoms. The molecule has 1 N–H and O–H groups in total. The van der Waals surface area contributed by atoms with Gasteiger partial charge < -0.3 is 4.98 Å². The summed E-state index contributed by atoms with van der Waals surface area (Å²) in [5.74, 6) is 0. The predicted octanol–water partition coefficient (Wildman–Crippen LogP) is 4.00. The van der Waals surface area contributed by atoms with Crippen LogP contribution in [0.5, 0.6) is 0 Å². The standard InChI is InChI=1S/C15H17N/c1-14-7-4-8-15(14,10-14)12-9-16-13-6-3-2-5-11(12)13/h2-3,5-6,9,16H,4,7-8,10H2,1H3. The van der Waals surface area contributed by atoms with Crippen LogP contribution in [0.3, 0.4) is 0 Å². The molecule has 2 aromatic rings. The molecule has 1 aromatic heterocycles. The average molecular weight is 211 g/mol. The van der Waals surface area contributed by atoms with Crippen LogP contribution >= 0.6 is 0 Å². The Morgan fingerprint density at radius 3 is 2.81 bits per heavy atom. The molecule has 2 atom stereocenters. The number of H-pyrrole nitrogens is 1. The second-order valence-electron chi connectivity index (χ2n) is 5.92. The van der Waals surface area contributed by atoms with E-state index in [9.17, 15) is 0 Å². The molecule has 2 fully saturated rings. The molecule has 4 rings (SSSR count). The molecule has 2 saturated carbocycles. The van der Waals surface area contributed by atoms with Gasteiger partial charge in [-0.3, -0.25) is 0 Å². The molecule has 1 nitrogen and oxygen atoms in total. The normalized spacial score (nSPS) is 36.6. The van der Waals surface area contributed by atoms with E-state index in [0.717, 1.165) is 0 Å². The van der Waals surface area contributed by atoms with Gasteiger partial charge in [0.1, 0.15) is 0 Å². The van der Waals surface area contributed by atoms with Crippen molar-refractivity contribution >= 4 is 10.9 Å². The number of hydrogen-bond acceptors (Lipinski definition) is 0. The number of aromatic nitrogens is 1. The molecule has 0 spiro atoms. The third kappa shape index (κ3) is 0.843. The van der Waals surface area contributed by atoms with E-state index in [2.05, 4.69) is 42.4 Å². The van der Waals surface area contributed by atoms with Crippen LogP contribution in [0.2, 0.25) is 0 Å². The van der Waals surface area contributed by atoms with Crippen molar-refractivity contribution in [2.45, 2.75) is 38.0 Å². The van der Waals surface area contributed by atoms with Crippen molar-refractivity contribution in [2.75, 3.05) is 0 Å². The number of rotatable bonds is 1. The molecule has 1 aromatic carbocycles. The van der Waals surface area contributed by atoms with Crippen LogP contribution in [0.15, 0.2) is 30.5 Å². The van der Waals surface area contributed by atoms with Crippen LogP contribution < -0.4 is 0 Å². The lowest BCUT2D eigenvalue weighted by Gasteiger charge is -2.13. The lowest BCUT2D eigenvalue weighted by Crippen LogP contribution is -2.08. The maximum Gasteiger partial charge on any atom is 0.0457 e. The molecule has 1 heteroatoms. The third-order valence-electron chi connectivity index (χ3n) is 5.16. The summed E-state index contributed by atoms with van der Waals surface area (Å²) in [7, 11) is 0. The van der Waals surface area contributed by atoms with Gasteiger partial charge in [0, 0.05) is 22.5 Å². The molecular weight excluding hydrogens is 194 g/mol. The SMILES string of the molecule is CC12CCCC1(c1c[nH]c3ccccc13)C2. The first kappa shape index (κ1) is 8.86. The van der Waals surface area contributed by atoms with Crippen molar-refractivity contribution in [1.82, 2.24) is 4.98 Å². The molecule has 0 amide bonds. The topological polar surface area (TPSA) is 15.8 Å². The van der Waals surface area contributed by atoms with E-state index in [-0.39, 0.29) is 0 Å². The summed E-state index contributed by atoms with van der Waals surface area (Å²) in [6, 6.07) is 8.73. The third-order valence-corrected chi connectivity index (χ3v) is 5.16. The first-order valence-corrected chi connectivity index (χ1v) is 6.32. The zero-order valence-corrected chi connectivity index (χ0v) is 9.72. The van der Waals surface area contributed by atoms with Gasteiger partial charge in [-0.05, 0) is 36.3 Å². The smallest absolute Gasteiger partial charge is 0.0457 e. The van der Waals surface area contributed by atoms with Gasteiger partial charge in [0.25, 0.3) is 0 Å². The van der Waals surface area contributed by atoms with Gasteiger partial charge in [-0.15, -0.1) is 0 Å². The van der Waals surface area contributed by atoms with Gasteiger partial charge in [-0.1, -0.05) is 31.5 Å². The quantitative estimate of drug-likeness (QED) is 0.733. The zero-order chi connectivity index (χ0) is 10.8. The Labute approximate surface area is 95.9 Å². The van der Waals surface area contributed by atoms with E-state index in [4.69, 9.17) is 0 Å². The molecule has 2 aliphatic rings. The molecule has 0 aliphatic heterocycles. The minimum atomic E-state index is 0.520. The van der Waals surface area contributed by atoms with Crippen molar-refractivity contribution in [3.63, 3.8) is 0 Å². The molecule has 2 aliphatic carbocycles. The first-order chi connectivity index (χ1) is 7.75. The monoisotopic (exact) mass is 211 g/mol. The highest BCUT2D eigenvalue weighted by molar-refractivity contribution is 5.85. The fourth-order valence-corrected chi connectivity index (χ4v) is 4.14. The van der Waals surface area contributed by atoms with Crippen molar-refractivity contribution in [3.8, 4) is 0 Å². The minimum Gasteiger partial charge on any atom is -0.361 e. The second kappa shape index (κ2) is 2.53. The van der Waals surface area contributed by atoms with Crippen molar-refractivity contribution < 1.29 is 0 Å². The highest BCUT2D eigenvalue weighted by Gasteiger charge is 2.67. The Kier molecular flexibility index (Phi) is 1.40. The van der Waals surface area contributed by atoms with E-state index in [1.165, 1.54) is 36.6 Å². The summed E-state index contributed by atoms with van der Waals surface area (Å²) in [5.41, 5.74) is 4.01. The number of benzene rings is 1. The van der Waals surface area contributed by atoms with Crippen molar-refractivity contribution in [1.29, 1.82) is 0 Å². The zero-order valence-electron chi connectivity index (χ0n) is 9.72. The van der Waals surface area contributed by atoms with Crippen LogP contribution in [0, 0.1) is 5.41 Å². The van der Waals surface area contributed by atoms with E-state index >= 15 is 0 Å². The van der Waals surface area contributed by atoms with E-state index in [1.807, 2.05) is 0 Å². The summed E-state index contributed by atoms with van der Waals surface area (Å²) in [6.07, 6.45) is 7.90. The fraction of sp³-hybridized carbons (Fsp3) is 0.467. The Morgan fingerprint density at radius 2 is 2.06 bits per heavy atom. The summed E-state index contributed by atoms with van der Waals surface area (Å²) < 4.78 is 0. The summed E-state index contributed by atoms with van der Waals surface area (Å²) >= 11 is 0. The van der Waals surface area contributed by atoms with Gasteiger partial charge in [0.05, 0.1) is 0 Å². The van der Waals surface area contributed by atoms with Crippen LogP contribution in [-0.4, -0.2) is 4.98 Å². The molecule has 0 saturated heterocycles. The van der Waals surface area contributed by atoms with Gasteiger partial charge in [0.15, 0.2) is 0 Å². The van der Waals surface area contributed by atoms with Gasteiger partial charge in [-0.25, -0.2) is 0 Å². The fourth-order valence-electron chi connectivity index (χ4n) is 4.14. The second-order valence-corrected chi connectivity index (χ2v) is 5.92. The predicted molar refractivity (Wildman–Crippen MR) is 66.6 cm³/mol. The van der Waals surface area contributed by atoms with Gasteiger partial charge >= 0.3 is 0 Å². The maximum atomic E-state index is 3.43. The molecule has 1 heterocycles. The Morgan fingerprint density at radius 1 is 1.19 bits per heavy atom. The highest BCUT2D eigenvalue weighted by atomic mass is 14.8. The van der Waals surface area contributed by atoms with E-state index < -0.39 is 0 Å². The first-order valence-electron chi connectivity index (χ1n) is 6.32. The Hall–Kier alpha value is -1.24. The van der Waals surface area contributed by atoms with E-state index in [1.54, 1.807) is 5.56 Å². The summed E-state index contributed by atoms with van der Waals surface area (Å²) in [5, 5.41) is 1.45. The van der Waals surface area contributed by atoms with E-state index in [0.29, 0.717) is 10.8 Å². The van der Waals surface area contributed by atoms with Gasteiger partial charge in [-0.2, -0.15) is 0 Å². The highest BCUT2D eigenvalue weighted by Crippen LogP contribution is 2.74. The number of nitrogens with one attached hydrogen (secondary N) is 1. The molecule has 2 unspecified atom stereocenters. The summed E-state index contributed by atoms with van der Waals surface area (Å²) in [4.78, 5) is 3.43. The largest absolute Gasteiger partial charge is 0.361 e. The average Bonchev–Trinajstić information content (AvgIpc) is 2.67. The van der Waals surface area contributed by atoms with Crippen molar-refractivity contribution in [2.24, 2.45) is 5.41 Å². The number of aromatic amines is 1. The lowest BCUT2D eigenvalue weighted by atomic mass is 9.89. The van der Waals surface area contributed by atoms with Crippen LogP contribution in [0.4, 0.5) is 0 Å². The molecule has 82 valence electrons. The van der Waals surface area contributed by atoms with Crippen LogP contribution in [0.1, 0.15) is 38.2 Å². The molecular formula is C15H17N. The number of para-hydroxylation sites is 1. The Bertz CT molecular complexity index is 564. The minimum absolute atomic E-state index is 0.520.